The molecule has 0 aliphatic carbocycles. The third kappa shape index (κ3) is 5.87. The summed E-state index contributed by atoms with van der Waals surface area (Å²) in [5.74, 6) is -1.29. The van der Waals surface area contributed by atoms with Crippen molar-refractivity contribution < 1.29 is 19.8 Å². The molecule has 0 aliphatic rings. The van der Waals surface area contributed by atoms with Crippen LogP contribution >= 0.6 is 0 Å². The van der Waals surface area contributed by atoms with E-state index in [1.165, 1.54) is 0 Å². The predicted octanol–water partition coefficient (Wildman–Crippen LogP) is 0.630. The second-order valence-corrected chi connectivity index (χ2v) is 4.24. The van der Waals surface area contributed by atoms with E-state index in [1.54, 1.807) is 0 Å². The van der Waals surface area contributed by atoms with Crippen LogP contribution in [0.2, 0.25) is 0 Å². The summed E-state index contributed by atoms with van der Waals surface area (Å²) in [5.41, 5.74) is 2.13. The number of carbonyl (C=O) groups is 2. The van der Waals surface area contributed by atoms with Crippen molar-refractivity contribution in [3.05, 3.63) is 35.4 Å². The van der Waals surface area contributed by atoms with Gasteiger partial charge in [-0.2, -0.15) is 0 Å². The van der Waals surface area contributed by atoms with Gasteiger partial charge in [0, 0.05) is 19.5 Å². The third-order valence-electron chi connectivity index (χ3n) is 2.56. The van der Waals surface area contributed by atoms with Gasteiger partial charge in [0.1, 0.15) is 0 Å². The minimum atomic E-state index is -1.45. The topological polar surface area (TPSA) is 98.7 Å². The number of carboxylic acid groups (broad SMARTS) is 1. The number of aryl methyl sites for hydroxylation is 1. The first-order valence-electron chi connectivity index (χ1n) is 5.97. The van der Waals surface area contributed by atoms with Gasteiger partial charge in [-0.1, -0.05) is 29.8 Å². The molecule has 104 valence electrons. The zero-order valence-electron chi connectivity index (χ0n) is 10.7. The molecule has 0 aliphatic heterocycles. The molecule has 4 N–H and O–H groups in total. The van der Waals surface area contributed by atoms with Crippen LogP contribution < -0.4 is 10.6 Å². The molecule has 0 saturated carbocycles. The van der Waals surface area contributed by atoms with Gasteiger partial charge in [0.2, 0.25) is 0 Å². The van der Waals surface area contributed by atoms with Crippen LogP contribution in [0.1, 0.15) is 17.5 Å². The van der Waals surface area contributed by atoms with E-state index in [4.69, 9.17) is 10.2 Å². The fourth-order valence-corrected chi connectivity index (χ4v) is 1.40. The summed E-state index contributed by atoms with van der Waals surface area (Å²) in [6.07, 6.45) is -1.47. The highest BCUT2D eigenvalue weighted by molar-refractivity contribution is 5.74. The molecule has 19 heavy (non-hydrogen) atoms. The molecular formula is C13H18N2O4. The van der Waals surface area contributed by atoms with Gasteiger partial charge in [0.15, 0.2) is 6.10 Å². The van der Waals surface area contributed by atoms with Crippen LogP contribution in [0.4, 0.5) is 4.79 Å². The summed E-state index contributed by atoms with van der Waals surface area (Å²) in [6.45, 7) is 2.48. The molecule has 0 saturated heterocycles. The Kier molecular flexibility index (Phi) is 5.81. The summed E-state index contributed by atoms with van der Waals surface area (Å²) >= 11 is 0. The van der Waals surface area contributed by atoms with E-state index >= 15 is 0 Å². The van der Waals surface area contributed by atoms with E-state index in [1.807, 2.05) is 31.2 Å². The van der Waals surface area contributed by atoms with Crippen LogP contribution in [0.25, 0.3) is 0 Å². The van der Waals surface area contributed by atoms with Crippen LogP contribution in [0, 0.1) is 6.92 Å². The van der Waals surface area contributed by atoms with Gasteiger partial charge < -0.3 is 20.8 Å². The SMILES string of the molecule is Cc1ccc(CNC(=O)NCCC(O)C(=O)O)cc1. The highest BCUT2D eigenvalue weighted by Gasteiger charge is 2.12. The van der Waals surface area contributed by atoms with E-state index in [0.717, 1.165) is 11.1 Å². The number of rotatable bonds is 6. The van der Waals surface area contributed by atoms with Crippen molar-refractivity contribution in [2.45, 2.75) is 26.0 Å². The normalized spacial score (nSPS) is 11.7. The summed E-state index contributed by atoms with van der Waals surface area (Å²) in [5, 5.41) is 22.6. The number of carboxylic acids is 1. The number of amides is 2. The quantitative estimate of drug-likeness (QED) is 0.607. The zero-order valence-corrected chi connectivity index (χ0v) is 10.7. The molecule has 0 aromatic heterocycles. The standard InChI is InChI=1S/C13H18N2O4/c1-9-2-4-10(5-3-9)8-15-13(19)14-7-6-11(16)12(17)18/h2-5,11,16H,6-8H2,1H3,(H,17,18)(H2,14,15,19). The Hall–Kier alpha value is -2.08. The molecule has 0 spiro atoms. The van der Waals surface area contributed by atoms with Gasteiger partial charge in [0.05, 0.1) is 0 Å². The maximum atomic E-state index is 11.4. The van der Waals surface area contributed by atoms with Crippen LogP contribution in [0.3, 0.4) is 0 Å². The lowest BCUT2D eigenvalue weighted by atomic mass is 10.1. The minimum Gasteiger partial charge on any atom is -0.479 e. The number of aliphatic hydroxyl groups excluding tert-OH is 1. The molecule has 6 heteroatoms. The average Bonchev–Trinajstić information content (AvgIpc) is 2.37. The van der Waals surface area contributed by atoms with Gasteiger partial charge in [-0.15, -0.1) is 0 Å². The lowest BCUT2D eigenvalue weighted by Crippen LogP contribution is -2.37. The fourth-order valence-electron chi connectivity index (χ4n) is 1.40. The molecule has 1 atom stereocenters. The van der Waals surface area contributed by atoms with Crippen molar-refractivity contribution >= 4 is 12.0 Å². The largest absolute Gasteiger partial charge is 0.479 e. The molecule has 0 bridgehead atoms. The number of hydrogen-bond donors (Lipinski definition) is 4. The van der Waals surface area contributed by atoms with E-state index < -0.39 is 18.1 Å². The molecule has 2 amide bonds. The Morgan fingerprint density at radius 3 is 2.42 bits per heavy atom. The van der Waals surface area contributed by atoms with Crippen molar-refractivity contribution in [3.63, 3.8) is 0 Å². The maximum absolute atomic E-state index is 11.4. The molecular weight excluding hydrogens is 248 g/mol. The van der Waals surface area contributed by atoms with E-state index in [9.17, 15) is 9.59 Å². The van der Waals surface area contributed by atoms with Crippen molar-refractivity contribution in [2.24, 2.45) is 0 Å². The number of urea groups is 1. The number of hydrogen-bond acceptors (Lipinski definition) is 3. The average molecular weight is 266 g/mol. The first-order chi connectivity index (χ1) is 8.99. The minimum absolute atomic E-state index is 0.0206. The van der Waals surface area contributed by atoms with Crippen molar-refractivity contribution in [1.29, 1.82) is 0 Å². The third-order valence-corrected chi connectivity index (χ3v) is 2.56. The van der Waals surface area contributed by atoms with Gasteiger partial charge >= 0.3 is 12.0 Å². The summed E-state index contributed by atoms with van der Waals surface area (Å²) in [6, 6.07) is 7.36. The summed E-state index contributed by atoms with van der Waals surface area (Å²) in [7, 11) is 0. The van der Waals surface area contributed by atoms with Crippen molar-refractivity contribution in [3.8, 4) is 0 Å². The van der Waals surface area contributed by atoms with Gasteiger partial charge in [-0.05, 0) is 12.5 Å². The lowest BCUT2D eigenvalue weighted by molar-refractivity contribution is -0.146. The Morgan fingerprint density at radius 2 is 1.84 bits per heavy atom. The molecule has 1 unspecified atom stereocenters. The zero-order chi connectivity index (χ0) is 14.3. The molecule has 1 aromatic rings. The van der Waals surface area contributed by atoms with Gasteiger partial charge in [-0.25, -0.2) is 9.59 Å². The molecule has 0 heterocycles. The van der Waals surface area contributed by atoms with E-state index in [-0.39, 0.29) is 13.0 Å². The number of carbonyl (C=O) groups excluding carboxylic acids is 1. The Balaban J connectivity index is 2.21. The summed E-state index contributed by atoms with van der Waals surface area (Å²) in [4.78, 5) is 21.7. The first-order valence-corrected chi connectivity index (χ1v) is 5.97. The number of aliphatic carboxylic acids is 1. The first kappa shape index (κ1) is 15.0. The lowest BCUT2D eigenvalue weighted by Gasteiger charge is -2.09. The number of aliphatic hydroxyl groups is 1. The van der Waals surface area contributed by atoms with Crippen LogP contribution in [0.15, 0.2) is 24.3 Å². The Labute approximate surface area is 111 Å². The second-order valence-electron chi connectivity index (χ2n) is 4.24. The van der Waals surface area contributed by atoms with Crippen LogP contribution in [-0.4, -0.2) is 34.9 Å². The Bertz CT molecular complexity index is 431. The maximum Gasteiger partial charge on any atom is 0.332 e. The number of benzene rings is 1. The number of nitrogens with one attached hydrogen (secondary N) is 2. The van der Waals surface area contributed by atoms with Crippen LogP contribution in [-0.2, 0) is 11.3 Å². The van der Waals surface area contributed by atoms with Crippen molar-refractivity contribution in [2.75, 3.05) is 6.54 Å². The molecule has 6 nitrogen and oxygen atoms in total. The van der Waals surface area contributed by atoms with Crippen LogP contribution in [0.5, 0.6) is 0 Å². The fraction of sp³-hybridized carbons (Fsp3) is 0.385. The van der Waals surface area contributed by atoms with E-state index in [0.29, 0.717) is 6.54 Å². The highest BCUT2D eigenvalue weighted by atomic mass is 16.4. The predicted molar refractivity (Wildman–Crippen MR) is 69.7 cm³/mol. The summed E-state index contributed by atoms with van der Waals surface area (Å²) < 4.78 is 0. The van der Waals surface area contributed by atoms with E-state index in [2.05, 4.69) is 10.6 Å². The second kappa shape index (κ2) is 7.38. The smallest absolute Gasteiger partial charge is 0.332 e. The van der Waals surface area contributed by atoms with Gasteiger partial charge in [-0.3, -0.25) is 0 Å². The monoisotopic (exact) mass is 266 g/mol. The molecule has 0 radical (unpaired) electrons. The Morgan fingerprint density at radius 1 is 1.21 bits per heavy atom. The molecule has 1 rings (SSSR count). The van der Waals surface area contributed by atoms with Crippen molar-refractivity contribution in [1.82, 2.24) is 10.6 Å². The molecule has 0 fully saturated rings. The molecule has 1 aromatic carbocycles. The highest BCUT2D eigenvalue weighted by Crippen LogP contribution is 2.02. The van der Waals surface area contributed by atoms with Gasteiger partial charge in [0.25, 0.3) is 0 Å².